The summed E-state index contributed by atoms with van der Waals surface area (Å²) in [6, 6.07) is 1.89. The predicted octanol–water partition coefficient (Wildman–Crippen LogP) is 3.62. The number of rotatable bonds is 5. The van der Waals surface area contributed by atoms with Crippen LogP contribution in [-0.4, -0.2) is 13.2 Å². The van der Waals surface area contributed by atoms with E-state index in [9.17, 15) is 13.3 Å². The average molecular weight is 329 g/mol. The maximum absolute atomic E-state index is 13.3. The van der Waals surface area contributed by atoms with Crippen LogP contribution in [0.2, 0.25) is 0 Å². The number of benzene rings is 1. The Labute approximate surface area is 107 Å². The molecule has 0 aromatic heterocycles. The van der Waals surface area contributed by atoms with Gasteiger partial charge >= 0.3 is 7.60 Å². The van der Waals surface area contributed by atoms with E-state index in [4.69, 9.17) is 9.05 Å². The van der Waals surface area contributed by atoms with E-state index < -0.39 is 19.2 Å². The average Bonchev–Trinajstić information content (AvgIpc) is 2.26. The molecule has 1 aromatic carbocycles. The van der Waals surface area contributed by atoms with Crippen molar-refractivity contribution < 1.29 is 22.4 Å². The Balaban J connectivity index is 3.24. The monoisotopic (exact) mass is 328 g/mol. The van der Waals surface area contributed by atoms with Crippen molar-refractivity contribution in [1.82, 2.24) is 0 Å². The van der Waals surface area contributed by atoms with Crippen molar-refractivity contribution >= 4 is 28.8 Å². The number of hydrogen-bond donors (Lipinski definition) is 0. The zero-order chi connectivity index (χ0) is 13.1. The maximum atomic E-state index is 13.3. The Bertz CT molecular complexity index is 420. The first-order valence-corrected chi connectivity index (χ1v) is 7.32. The second-order valence-electron chi connectivity index (χ2n) is 3.06. The molecule has 0 saturated carbocycles. The Morgan fingerprint density at radius 3 is 1.94 bits per heavy atom. The van der Waals surface area contributed by atoms with Gasteiger partial charge in [0, 0.05) is 0 Å². The zero-order valence-electron chi connectivity index (χ0n) is 9.37. The Kier molecular flexibility index (Phi) is 5.25. The van der Waals surface area contributed by atoms with Gasteiger partial charge in [-0.05, 0) is 41.9 Å². The Morgan fingerprint density at radius 1 is 1.18 bits per heavy atom. The molecule has 1 rings (SSSR count). The van der Waals surface area contributed by atoms with E-state index in [2.05, 4.69) is 15.9 Å². The van der Waals surface area contributed by atoms with Crippen molar-refractivity contribution in [3.05, 3.63) is 28.2 Å². The molecule has 7 heteroatoms. The fraction of sp³-hybridized carbons (Fsp3) is 0.400. The second-order valence-corrected chi connectivity index (χ2v) is 5.88. The van der Waals surface area contributed by atoms with Gasteiger partial charge in [-0.1, -0.05) is 0 Å². The smallest absolute Gasteiger partial charge is 0.305 e. The van der Waals surface area contributed by atoms with Gasteiger partial charge in [-0.15, -0.1) is 0 Å². The molecule has 0 atom stereocenters. The maximum Gasteiger partial charge on any atom is 0.361 e. The minimum Gasteiger partial charge on any atom is -0.305 e. The molecule has 1 aromatic rings. The summed E-state index contributed by atoms with van der Waals surface area (Å²) in [5.74, 6) is -1.70. The second kappa shape index (κ2) is 6.05. The summed E-state index contributed by atoms with van der Waals surface area (Å²) < 4.78 is 48.6. The summed E-state index contributed by atoms with van der Waals surface area (Å²) in [5, 5.41) is -0.126. The third kappa shape index (κ3) is 3.35. The normalized spacial score (nSPS) is 11.8. The SMILES string of the molecule is CCOP(=O)(OCC)c1cc(F)c(Br)c(F)c1. The lowest BCUT2D eigenvalue weighted by Gasteiger charge is -2.17. The number of hydrogen-bond acceptors (Lipinski definition) is 3. The molecular weight excluding hydrogens is 317 g/mol. The summed E-state index contributed by atoms with van der Waals surface area (Å²) in [4.78, 5) is 0. The molecule has 0 radical (unpaired) electrons. The van der Waals surface area contributed by atoms with Crippen LogP contribution in [0.5, 0.6) is 0 Å². The lowest BCUT2D eigenvalue weighted by molar-refractivity contribution is 0.229. The Hall–Kier alpha value is -0.290. The highest BCUT2D eigenvalue weighted by Crippen LogP contribution is 2.47. The lowest BCUT2D eigenvalue weighted by Crippen LogP contribution is -2.12. The van der Waals surface area contributed by atoms with Gasteiger partial charge in [-0.2, -0.15) is 0 Å². The van der Waals surface area contributed by atoms with Crippen LogP contribution in [0, 0.1) is 11.6 Å². The zero-order valence-corrected chi connectivity index (χ0v) is 11.9. The van der Waals surface area contributed by atoms with Crippen LogP contribution in [0.15, 0.2) is 16.6 Å². The predicted molar refractivity (Wildman–Crippen MR) is 64.6 cm³/mol. The summed E-state index contributed by atoms with van der Waals surface area (Å²) >= 11 is 2.74. The van der Waals surface area contributed by atoms with E-state index in [1.165, 1.54) is 0 Å². The fourth-order valence-electron chi connectivity index (χ4n) is 1.23. The molecule has 0 aliphatic carbocycles. The standard InChI is InChI=1S/C10H12BrF2O3P/c1-3-15-17(14,16-4-2)7-5-8(12)10(11)9(13)6-7/h5-6H,3-4H2,1-2H3. The number of halogens is 3. The van der Waals surface area contributed by atoms with Crippen LogP contribution < -0.4 is 5.30 Å². The molecule has 3 nitrogen and oxygen atoms in total. The van der Waals surface area contributed by atoms with E-state index in [-0.39, 0.29) is 23.0 Å². The summed E-state index contributed by atoms with van der Waals surface area (Å²) in [6.45, 7) is 3.49. The van der Waals surface area contributed by atoms with E-state index in [1.807, 2.05) is 0 Å². The van der Waals surface area contributed by atoms with E-state index >= 15 is 0 Å². The van der Waals surface area contributed by atoms with Crippen LogP contribution in [0.25, 0.3) is 0 Å². The molecule has 0 bridgehead atoms. The third-order valence-corrected chi connectivity index (χ3v) is 4.73. The molecule has 96 valence electrons. The van der Waals surface area contributed by atoms with Gasteiger partial charge in [-0.3, -0.25) is 4.57 Å². The molecule has 0 aliphatic heterocycles. The topological polar surface area (TPSA) is 35.5 Å². The molecule has 0 spiro atoms. The molecule has 0 unspecified atom stereocenters. The highest BCUT2D eigenvalue weighted by atomic mass is 79.9. The van der Waals surface area contributed by atoms with Crippen molar-refractivity contribution in [2.24, 2.45) is 0 Å². The van der Waals surface area contributed by atoms with Crippen molar-refractivity contribution in [2.75, 3.05) is 13.2 Å². The van der Waals surface area contributed by atoms with Crippen molar-refractivity contribution in [3.8, 4) is 0 Å². The first kappa shape index (κ1) is 14.8. The molecule has 0 fully saturated rings. The van der Waals surface area contributed by atoms with E-state index in [0.29, 0.717) is 0 Å². The summed E-state index contributed by atoms with van der Waals surface area (Å²) in [6.07, 6.45) is 0. The lowest BCUT2D eigenvalue weighted by atomic mass is 10.3. The molecule has 17 heavy (non-hydrogen) atoms. The largest absolute Gasteiger partial charge is 0.361 e. The van der Waals surface area contributed by atoms with Crippen LogP contribution in [0.1, 0.15) is 13.8 Å². The van der Waals surface area contributed by atoms with Gasteiger partial charge in [-0.25, -0.2) is 8.78 Å². The van der Waals surface area contributed by atoms with Crippen LogP contribution >= 0.6 is 23.5 Å². The first-order valence-electron chi connectivity index (χ1n) is 4.98. The highest BCUT2D eigenvalue weighted by Gasteiger charge is 2.28. The fourth-order valence-corrected chi connectivity index (χ4v) is 3.05. The summed E-state index contributed by atoms with van der Waals surface area (Å²) in [7, 11) is -3.65. The molecule has 0 N–H and O–H groups in total. The van der Waals surface area contributed by atoms with Gasteiger partial charge in [0.15, 0.2) is 0 Å². The molecular formula is C10H12BrF2O3P. The van der Waals surface area contributed by atoms with Gasteiger partial charge in [0.05, 0.1) is 23.0 Å². The summed E-state index contributed by atoms with van der Waals surface area (Å²) in [5.41, 5.74) is 0. The van der Waals surface area contributed by atoms with Gasteiger partial charge in [0.1, 0.15) is 11.6 Å². The third-order valence-electron chi connectivity index (χ3n) is 1.88. The molecule has 0 saturated heterocycles. The highest BCUT2D eigenvalue weighted by molar-refractivity contribution is 9.10. The minimum absolute atomic E-state index is 0.122. The molecule has 0 amide bonds. The van der Waals surface area contributed by atoms with E-state index in [1.54, 1.807) is 13.8 Å². The first-order chi connectivity index (χ1) is 7.94. The van der Waals surface area contributed by atoms with Crippen molar-refractivity contribution in [3.63, 3.8) is 0 Å². The van der Waals surface area contributed by atoms with Crippen LogP contribution in [0.3, 0.4) is 0 Å². The minimum atomic E-state index is -3.65. The van der Waals surface area contributed by atoms with Crippen LogP contribution in [-0.2, 0) is 13.6 Å². The van der Waals surface area contributed by atoms with Crippen molar-refractivity contribution in [1.29, 1.82) is 0 Å². The van der Waals surface area contributed by atoms with Crippen LogP contribution in [0.4, 0.5) is 8.78 Å². The molecule has 0 heterocycles. The van der Waals surface area contributed by atoms with Gasteiger partial charge in [0.2, 0.25) is 0 Å². The Morgan fingerprint density at radius 2 is 1.59 bits per heavy atom. The van der Waals surface area contributed by atoms with Crippen molar-refractivity contribution in [2.45, 2.75) is 13.8 Å². The van der Waals surface area contributed by atoms with E-state index in [0.717, 1.165) is 12.1 Å². The van der Waals surface area contributed by atoms with Gasteiger partial charge in [0.25, 0.3) is 0 Å². The molecule has 0 aliphatic rings. The van der Waals surface area contributed by atoms with Gasteiger partial charge < -0.3 is 9.05 Å². The quantitative estimate of drug-likeness (QED) is 0.611.